The maximum atomic E-state index is 12.1. The highest BCUT2D eigenvalue weighted by Gasteiger charge is 2.12. The molecule has 0 aliphatic heterocycles. The summed E-state index contributed by atoms with van der Waals surface area (Å²) >= 11 is 11.8. The van der Waals surface area contributed by atoms with E-state index in [1.807, 2.05) is 6.92 Å². The summed E-state index contributed by atoms with van der Waals surface area (Å²) in [6.07, 6.45) is 0. The minimum Gasteiger partial charge on any atom is -0.200 e. The van der Waals surface area contributed by atoms with E-state index in [4.69, 9.17) is 23.2 Å². The van der Waals surface area contributed by atoms with Gasteiger partial charge in [-0.3, -0.25) is 0 Å². The molecule has 0 atom stereocenters. The van der Waals surface area contributed by atoms with Crippen molar-refractivity contribution in [2.24, 2.45) is 5.10 Å². The van der Waals surface area contributed by atoms with Crippen LogP contribution in [0.5, 0.6) is 0 Å². The van der Waals surface area contributed by atoms with E-state index >= 15 is 0 Å². The second-order valence-corrected chi connectivity index (χ2v) is 7.21. The van der Waals surface area contributed by atoms with Gasteiger partial charge in [0.2, 0.25) is 0 Å². The van der Waals surface area contributed by atoms with Gasteiger partial charge in [0, 0.05) is 0 Å². The fourth-order valence-corrected chi connectivity index (χ4v) is 2.84. The topological polar surface area (TPSA) is 58.5 Å². The van der Waals surface area contributed by atoms with E-state index in [1.54, 1.807) is 37.3 Å². The number of hydrogen-bond donors (Lipinski definition) is 1. The van der Waals surface area contributed by atoms with Gasteiger partial charge < -0.3 is 0 Å². The molecule has 0 bridgehead atoms. The van der Waals surface area contributed by atoms with Crippen molar-refractivity contribution in [1.29, 1.82) is 0 Å². The molecule has 0 saturated carbocycles. The fraction of sp³-hybridized carbons (Fsp3) is 0.133. The summed E-state index contributed by atoms with van der Waals surface area (Å²) in [5.74, 6) is 0. The van der Waals surface area contributed by atoms with Gasteiger partial charge in [0.1, 0.15) is 0 Å². The van der Waals surface area contributed by atoms with Gasteiger partial charge in [-0.05, 0) is 43.7 Å². The van der Waals surface area contributed by atoms with Crippen LogP contribution in [0.4, 0.5) is 0 Å². The van der Waals surface area contributed by atoms with Crippen LogP contribution < -0.4 is 4.83 Å². The van der Waals surface area contributed by atoms with Gasteiger partial charge in [0.05, 0.1) is 20.7 Å². The third-order valence-electron chi connectivity index (χ3n) is 3.00. The summed E-state index contributed by atoms with van der Waals surface area (Å²) in [4.78, 5) is 2.37. The Kier molecular flexibility index (Phi) is 5.11. The molecule has 22 heavy (non-hydrogen) atoms. The summed E-state index contributed by atoms with van der Waals surface area (Å²) < 4.78 is 24.3. The van der Waals surface area contributed by atoms with Gasteiger partial charge in [-0.2, -0.15) is 18.4 Å². The van der Waals surface area contributed by atoms with Crippen LogP contribution >= 0.6 is 23.2 Å². The molecule has 0 aliphatic carbocycles. The zero-order valence-electron chi connectivity index (χ0n) is 12.0. The Hall–Kier alpha value is -1.56. The van der Waals surface area contributed by atoms with Crippen LogP contribution in [0.15, 0.2) is 52.5 Å². The molecule has 0 spiro atoms. The standard InChI is InChI=1S/C15H14Cl2N2O2S/c1-10-3-6-13(7-4-10)22(20,21)19-18-11(2)12-5-8-14(16)15(17)9-12/h3-9,19H,1-2H3. The molecule has 2 rings (SSSR count). The Morgan fingerprint density at radius 1 is 1.05 bits per heavy atom. The van der Waals surface area contributed by atoms with E-state index in [1.165, 1.54) is 12.1 Å². The zero-order valence-corrected chi connectivity index (χ0v) is 14.3. The van der Waals surface area contributed by atoms with E-state index in [-0.39, 0.29) is 4.90 Å². The maximum absolute atomic E-state index is 12.1. The first-order valence-electron chi connectivity index (χ1n) is 6.38. The number of benzene rings is 2. The molecule has 0 aromatic heterocycles. The average Bonchev–Trinajstić information content (AvgIpc) is 2.48. The highest BCUT2D eigenvalue weighted by atomic mass is 35.5. The number of hydrazone groups is 1. The summed E-state index contributed by atoms with van der Waals surface area (Å²) in [7, 11) is -3.69. The molecule has 0 unspecified atom stereocenters. The number of halogens is 2. The fourth-order valence-electron chi connectivity index (χ4n) is 1.68. The number of aryl methyl sites for hydroxylation is 1. The minimum absolute atomic E-state index is 0.156. The quantitative estimate of drug-likeness (QED) is 0.664. The van der Waals surface area contributed by atoms with Gasteiger partial charge in [0.15, 0.2) is 0 Å². The Bertz CT molecular complexity index is 816. The van der Waals surface area contributed by atoms with E-state index in [0.717, 1.165) is 5.56 Å². The molecule has 1 N–H and O–H groups in total. The molecule has 116 valence electrons. The molecule has 2 aromatic carbocycles. The first-order valence-corrected chi connectivity index (χ1v) is 8.62. The van der Waals surface area contributed by atoms with Crippen molar-refractivity contribution in [3.8, 4) is 0 Å². The second kappa shape index (κ2) is 6.69. The number of sulfonamides is 1. The molecule has 7 heteroatoms. The van der Waals surface area contributed by atoms with Gasteiger partial charge in [-0.1, -0.05) is 47.0 Å². The first kappa shape index (κ1) is 16.8. The molecular weight excluding hydrogens is 343 g/mol. The molecule has 0 fully saturated rings. The molecular formula is C15H14Cl2N2O2S. The summed E-state index contributed by atoms with van der Waals surface area (Å²) in [6, 6.07) is 11.5. The van der Waals surface area contributed by atoms with Crippen LogP contribution in [0.2, 0.25) is 10.0 Å². The highest BCUT2D eigenvalue weighted by molar-refractivity contribution is 7.89. The van der Waals surface area contributed by atoms with Crippen molar-refractivity contribution in [3.63, 3.8) is 0 Å². The van der Waals surface area contributed by atoms with Gasteiger partial charge in [0.25, 0.3) is 10.0 Å². The predicted octanol–water partition coefficient (Wildman–Crippen LogP) is 4.00. The zero-order chi connectivity index (χ0) is 16.3. The lowest BCUT2D eigenvalue weighted by atomic mass is 10.1. The number of nitrogens with zero attached hydrogens (tertiary/aromatic N) is 1. The molecule has 2 aromatic rings. The SMILES string of the molecule is CC(=NNS(=O)(=O)c1ccc(C)cc1)c1ccc(Cl)c(Cl)c1. The molecule has 4 nitrogen and oxygen atoms in total. The molecule has 0 heterocycles. The minimum atomic E-state index is -3.69. The maximum Gasteiger partial charge on any atom is 0.276 e. The van der Waals surface area contributed by atoms with Crippen molar-refractivity contribution >= 4 is 38.9 Å². The summed E-state index contributed by atoms with van der Waals surface area (Å²) in [5.41, 5.74) is 2.14. The molecule has 0 amide bonds. The van der Waals surface area contributed by atoms with Crippen LogP contribution in [0.25, 0.3) is 0 Å². The lowest BCUT2D eigenvalue weighted by Crippen LogP contribution is -2.19. The number of hydrogen-bond acceptors (Lipinski definition) is 3. The molecule has 0 radical (unpaired) electrons. The van der Waals surface area contributed by atoms with Crippen LogP contribution in [0.1, 0.15) is 18.1 Å². The number of nitrogens with one attached hydrogen (secondary N) is 1. The van der Waals surface area contributed by atoms with E-state index < -0.39 is 10.0 Å². The first-order chi connectivity index (χ1) is 10.3. The average molecular weight is 357 g/mol. The second-order valence-electron chi connectivity index (χ2n) is 4.73. The Morgan fingerprint density at radius 3 is 2.27 bits per heavy atom. The largest absolute Gasteiger partial charge is 0.276 e. The monoisotopic (exact) mass is 356 g/mol. The summed E-state index contributed by atoms with van der Waals surface area (Å²) in [5, 5.41) is 4.73. The third-order valence-corrected chi connectivity index (χ3v) is 4.97. The Labute approximate surface area is 139 Å². The van der Waals surface area contributed by atoms with E-state index in [0.29, 0.717) is 21.3 Å². The van der Waals surface area contributed by atoms with Crippen LogP contribution in [-0.4, -0.2) is 14.1 Å². The highest BCUT2D eigenvalue weighted by Crippen LogP contribution is 2.22. The molecule has 0 saturated heterocycles. The predicted molar refractivity (Wildman–Crippen MR) is 90.2 cm³/mol. The van der Waals surface area contributed by atoms with Crippen LogP contribution in [0.3, 0.4) is 0 Å². The van der Waals surface area contributed by atoms with Crippen LogP contribution in [-0.2, 0) is 10.0 Å². The van der Waals surface area contributed by atoms with Gasteiger partial charge in [-0.25, -0.2) is 0 Å². The Balaban J connectivity index is 2.22. The lowest BCUT2D eigenvalue weighted by Gasteiger charge is -2.06. The smallest absolute Gasteiger partial charge is 0.200 e. The summed E-state index contributed by atoms with van der Waals surface area (Å²) in [6.45, 7) is 3.56. The van der Waals surface area contributed by atoms with E-state index in [2.05, 4.69) is 9.93 Å². The van der Waals surface area contributed by atoms with Crippen molar-refractivity contribution in [2.75, 3.05) is 0 Å². The normalized spacial score (nSPS) is 12.3. The number of rotatable bonds is 4. The van der Waals surface area contributed by atoms with Crippen LogP contribution in [0, 0.1) is 6.92 Å². The van der Waals surface area contributed by atoms with E-state index in [9.17, 15) is 8.42 Å². The van der Waals surface area contributed by atoms with Gasteiger partial charge in [-0.15, -0.1) is 0 Å². The van der Waals surface area contributed by atoms with Gasteiger partial charge >= 0.3 is 0 Å². The lowest BCUT2D eigenvalue weighted by molar-refractivity contribution is 0.584. The van der Waals surface area contributed by atoms with Crippen molar-refractivity contribution in [1.82, 2.24) is 4.83 Å². The third kappa shape index (κ3) is 4.00. The van der Waals surface area contributed by atoms with Crippen molar-refractivity contribution in [3.05, 3.63) is 63.6 Å². The van der Waals surface area contributed by atoms with Crippen molar-refractivity contribution < 1.29 is 8.42 Å². The Morgan fingerprint density at radius 2 is 1.68 bits per heavy atom. The molecule has 0 aliphatic rings. The van der Waals surface area contributed by atoms with Crippen molar-refractivity contribution in [2.45, 2.75) is 18.7 Å².